The molecule has 0 unspecified atom stereocenters. The van der Waals surface area contributed by atoms with Crippen molar-refractivity contribution >= 4 is 28.4 Å². The highest BCUT2D eigenvalue weighted by molar-refractivity contribution is 5.70. The number of ether oxygens (including phenoxy) is 1. The summed E-state index contributed by atoms with van der Waals surface area (Å²) in [6.45, 7) is 0.495. The molecular weight excluding hydrogens is 426 g/mol. The minimum absolute atomic E-state index is 0.447. The summed E-state index contributed by atoms with van der Waals surface area (Å²) in [6.07, 6.45) is 0. The number of nitrogens with zero attached hydrogens (tertiary/aromatic N) is 3. The lowest BCUT2D eigenvalue weighted by atomic mass is 10.2. The molecule has 0 saturated carbocycles. The Labute approximate surface area is 179 Å². The molecule has 0 aliphatic rings. The second kappa shape index (κ2) is 10.2. The number of nitro benzene ring substituents is 3. The minimum Gasteiger partial charge on any atom is -0.497 e. The van der Waals surface area contributed by atoms with Crippen LogP contribution in [-0.2, 0) is 6.61 Å². The molecule has 0 radical (unpaired) electrons. The molecule has 5 N–H and O–H groups in total. The zero-order chi connectivity index (χ0) is 23.8. The van der Waals surface area contributed by atoms with Crippen LogP contribution in [0, 0.1) is 30.3 Å². The largest absolute Gasteiger partial charge is 0.497 e. The molecule has 0 fully saturated rings. The highest BCUT2D eigenvalue weighted by atomic mass is 16.6. The molecule has 3 aromatic carbocycles. The molecular formula is C19H17N5O8. The first-order valence-electron chi connectivity index (χ1n) is 8.72. The van der Waals surface area contributed by atoms with E-state index in [9.17, 15) is 30.3 Å². The van der Waals surface area contributed by atoms with Crippen LogP contribution in [0.15, 0.2) is 60.7 Å². The number of nitrogens with two attached hydrogens (primary N) is 2. The summed E-state index contributed by atoms with van der Waals surface area (Å²) in [7, 11) is 0. The lowest BCUT2D eigenvalue weighted by Crippen LogP contribution is -2.01. The molecule has 0 bridgehead atoms. The maximum absolute atomic E-state index is 10.4. The number of nitro groups is 3. The SMILES string of the molecule is Nc1cccc(OCc2ccccc2)c1N.O=[N+]([O-])c1cc([N+](=O)[O-])c(O)c([N+](=O)[O-])c1. The van der Waals surface area contributed by atoms with E-state index in [0.29, 0.717) is 35.9 Å². The van der Waals surface area contributed by atoms with Crippen molar-refractivity contribution in [1.82, 2.24) is 0 Å². The third kappa shape index (κ3) is 5.79. The topological polar surface area (TPSA) is 211 Å². The van der Waals surface area contributed by atoms with Crippen LogP contribution in [0.3, 0.4) is 0 Å². The van der Waals surface area contributed by atoms with Gasteiger partial charge >= 0.3 is 11.4 Å². The average molecular weight is 443 g/mol. The van der Waals surface area contributed by atoms with Gasteiger partial charge in [0.05, 0.1) is 38.3 Å². The number of hydrogen-bond donors (Lipinski definition) is 3. The van der Waals surface area contributed by atoms with E-state index in [2.05, 4.69) is 0 Å². The van der Waals surface area contributed by atoms with Gasteiger partial charge in [-0.15, -0.1) is 0 Å². The first kappa shape index (κ1) is 23.3. The average Bonchev–Trinajstić information content (AvgIpc) is 2.75. The Morgan fingerprint density at radius 3 is 1.88 bits per heavy atom. The fourth-order valence-electron chi connectivity index (χ4n) is 2.40. The summed E-state index contributed by atoms with van der Waals surface area (Å²) in [5.41, 5.74) is 10.6. The quantitative estimate of drug-likeness (QED) is 0.286. The zero-order valence-electron chi connectivity index (χ0n) is 16.3. The maximum Gasteiger partial charge on any atom is 0.324 e. The van der Waals surface area contributed by atoms with Gasteiger partial charge in [0.15, 0.2) is 0 Å². The van der Waals surface area contributed by atoms with E-state index in [0.717, 1.165) is 5.56 Å². The molecule has 0 aliphatic heterocycles. The number of non-ortho nitro benzene ring substituents is 1. The molecule has 0 atom stereocenters. The second-order valence-corrected chi connectivity index (χ2v) is 6.14. The third-order valence-corrected chi connectivity index (χ3v) is 4.00. The summed E-state index contributed by atoms with van der Waals surface area (Å²) in [5, 5.41) is 40.2. The molecule has 0 spiro atoms. The van der Waals surface area contributed by atoms with E-state index in [1.54, 1.807) is 6.07 Å². The van der Waals surface area contributed by atoms with Crippen molar-refractivity contribution in [2.45, 2.75) is 6.61 Å². The molecule has 0 saturated heterocycles. The number of rotatable bonds is 6. The monoisotopic (exact) mass is 443 g/mol. The lowest BCUT2D eigenvalue weighted by molar-refractivity contribution is -0.404. The van der Waals surface area contributed by atoms with Gasteiger partial charge in [-0.25, -0.2) is 0 Å². The van der Waals surface area contributed by atoms with Gasteiger partial charge in [-0.1, -0.05) is 36.4 Å². The van der Waals surface area contributed by atoms with Gasteiger partial charge in [0.1, 0.15) is 12.4 Å². The first-order valence-corrected chi connectivity index (χ1v) is 8.72. The predicted octanol–water partition coefficient (Wildman–Crippen LogP) is 3.55. The van der Waals surface area contributed by atoms with Crippen LogP contribution in [0.5, 0.6) is 11.5 Å². The summed E-state index contributed by atoms with van der Waals surface area (Å²) in [6, 6.07) is 16.2. The van der Waals surface area contributed by atoms with Crippen molar-refractivity contribution < 1.29 is 24.6 Å². The van der Waals surface area contributed by atoms with E-state index in [4.69, 9.17) is 21.3 Å². The molecule has 3 rings (SSSR count). The van der Waals surface area contributed by atoms with E-state index >= 15 is 0 Å². The number of aromatic hydroxyl groups is 1. The van der Waals surface area contributed by atoms with Gasteiger partial charge in [0.2, 0.25) is 0 Å². The van der Waals surface area contributed by atoms with Crippen LogP contribution in [0.2, 0.25) is 0 Å². The van der Waals surface area contributed by atoms with E-state index in [-0.39, 0.29) is 0 Å². The van der Waals surface area contributed by atoms with Crippen LogP contribution >= 0.6 is 0 Å². The normalized spacial score (nSPS) is 9.88. The number of phenolic OH excluding ortho intramolecular Hbond substituents is 1. The van der Waals surface area contributed by atoms with Crippen molar-refractivity contribution in [3.05, 3.63) is 96.6 Å². The summed E-state index contributed by atoms with van der Waals surface area (Å²) < 4.78 is 5.60. The summed E-state index contributed by atoms with van der Waals surface area (Å²) >= 11 is 0. The molecule has 0 aliphatic carbocycles. The zero-order valence-corrected chi connectivity index (χ0v) is 16.3. The number of anilines is 2. The Bertz CT molecular complexity index is 1120. The predicted molar refractivity (Wildman–Crippen MR) is 114 cm³/mol. The fraction of sp³-hybridized carbons (Fsp3) is 0.0526. The number of nitrogen functional groups attached to an aromatic ring is 2. The van der Waals surface area contributed by atoms with Gasteiger partial charge in [-0.3, -0.25) is 30.3 Å². The van der Waals surface area contributed by atoms with Crippen LogP contribution in [0.4, 0.5) is 28.4 Å². The number of phenols is 1. The van der Waals surface area contributed by atoms with Gasteiger partial charge in [-0.2, -0.15) is 0 Å². The first-order chi connectivity index (χ1) is 15.1. The molecule has 3 aromatic rings. The Morgan fingerprint density at radius 1 is 0.812 bits per heavy atom. The molecule has 13 nitrogen and oxygen atoms in total. The third-order valence-electron chi connectivity index (χ3n) is 4.00. The lowest BCUT2D eigenvalue weighted by Gasteiger charge is -2.10. The van der Waals surface area contributed by atoms with Crippen molar-refractivity contribution in [3.63, 3.8) is 0 Å². The van der Waals surface area contributed by atoms with E-state index in [1.807, 2.05) is 42.5 Å². The smallest absolute Gasteiger partial charge is 0.324 e. The Hall–Kier alpha value is -4.94. The summed E-state index contributed by atoms with van der Waals surface area (Å²) in [5.74, 6) is -0.579. The standard InChI is InChI=1S/C13H14N2O.C6H3N3O7/c14-11-7-4-8-12(13(11)15)16-9-10-5-2-1-3-6-10;10-6-4(8(13)14)1-3(7(11)12)2-5(6)9(15)16/h1-8H,9,14-15H2;1-2,10H. The highest BCUT2D eigenvalue weighted by Gasteiger charge is 2.30. The fourth-order valence-corrected chi connectivity index (χ4v) is 2.40. The molecule has 0 aromatic heterocycles. The van der Waals surface area contributed by atoms with Crippen molar-refractivity contribution in [2.24, 2.45) is 0 Å². The molecule has 13 heteroatoms. The van der Waals surface area contributed by atoms with E-state index in [1.165, 1.54) is 0 Å². The Kier molecular flexibility index (Phi) is 7.44. The maximum atomic E-state index is 10.4. The Balaban J connectivity index is 0.000000227. The Morgan fingerprint density at radius 2 is 1.38 bits per heavy atom. The van der Waals surface area contributed by atoms with Crippen molar-refractivity contribution in [2.75, 3.05) is 11.5 Å². The summed E-state index contributed by atoms with van der Waals surface area (Å²) in [4.78, 5) is 27.8. The van der Waals surface area contributed by atoms with Crippen molar-refractivity contribution in [3.8, 4) is 11.5 Å². The van der Waals surface area contributed by atoms with Gasteiger partial charge in [-0.05, 0) is 17.7 Å². The number of para-hydroxylation sites is 1. The highest BCUT2D eigenvalue weighted by Crippen LogP contribution is 2.39. The molecule has 32 heavy (non-hydrogen) atoms. The second-order valence-electron chi connectivity index (χ2n) is 6.14. The van der Waals surface area contributed by atoms with Crippen LogP contribution in [-0.4, -0.2) is 19.9 Å². The molecule has 166 valence electrons. The van der Waals surface area contributed by atoms with Gasteiger partial charge in [0, 0.05) is 0 Å². The van der Waals surface area contributed by atoms with Crippen LogP contribution in [0.1, 0.15) is 5.56 Å². The number of hydrogen-bond acceptors (Lipinski definition) is 10. The molecule has 0 amide bonds. The molecule has 0 heterocycles. The van der Waals surface area contributed by atoms with Crippen LogP contribution < -0.4 is 16.2 Å². The van der Waals surface area contributed by atoms with Crippen LogP contribution in [0.25, 0.3) is 0 Å². The van der Waals surface area contributed by atoms with Crippen molar-refractivity contribution in [1.29, 1.82) is 0 Å². The van der Waals surface area contributed by atoms with E-state index < -0.39 is 37.6 Å². The van der Waals surface area contributed by atoms with Gasteiger partial charge < -0.3 is 21.3 Å². The minimum atomic E-state index is -1.21. The number of benzene rings is 3. The van der Waals surface area contributed by atoms with Gasteiger partial charge in [0.25, 0.3) is 11.4 Å².